The van der Waals surface area contributed by atoms with Crippen LogP contribution in [0.4, 0.5) is 5.69 Å². The lowest BCUT2D eigenvalue weighted by Gasteiger charge is -2.07. The molecule has 72 valence electrons. The summed E-state index contributed by atoms with van der Waals surface area (Å²) in [4.78, 5) is 0. The summed E-state index contributed by atoms with van der Waals surface area (Å²) >= 11 is 1.69. The molecule has 0 bridgehead atoms. The summed E-state index contributed by atoms with van der Waals surface area (Å²) in [7, 11) is 0. The Labute approximate surface area is 87.6 Å². The predicted molar refractivity (Wildman–Crippen MR) is 58.8 cm³/mol. The Morgan fingerprint density at radius 1 is 1.36 bits per heavy atom. The molecule has 0 atom stereocenters. The maximum atomic E-state index is 7.73. The Bertz CT molecular complexity index is 434. The van der Waals surface area contributed by atoms with Crippen LogP contribution in [0.2, 0.25) is 0 Å². The summed E-state index contributed by atoms with van der Waals surface area (Å²) in [6.45, 7) is 2.89. The highest BCUT2D eigenvalue weighted by Crippen LogP contribution is 2.16. The highest BCUT2D eigenvalue weighted by Gasteiger charge is 2.07. The Hall–Kier alpha value is -1.35. The predicted octanol–water partition coefficient (Wildman–Crippen LogP) is 3.08. The molecule has 1 N–H and O–H groups in total. The number of benzene rings is 1. The molecule has 1 aromatic carbocycles. The largest absolute Gasteiger partial charge is 0.698 e. The van der Waals surface area contributed by atoms with Gasteiger partial charge in [0.05, 0.1) is 5.38 Å². The summed E-state index contributed by atoms with van der Waals surface area (Å²) in [6, 6.07) is 7.72. The normalized spacial score (nSPS) is 10.4. The van der Waals surface area contributed by atoms with Gasteiger partial charge in [-0.25, -0.2) is 0 Å². The third kappa shape index (κ3) is 1.77. The first-order chi connectivity index (χ1) is 6.77. The van der Waals surface area contributed by atoms with Crippen LogP contribution in [0.5, 0.6) is 0 Å². The number of aryl methyl sites for hydroxylation is 1. The minimum Gasteiger partial charge on any atom is -0.698 e. The van der Waals surface area contributed by atoms with Crippen molar-refractivity contribution in [2.24, 2.45) is 0 Å². The minimum atomic E-state index is 0.616. The zero-order valence-electron chi connectivity index (χ0n) is 8.03. The fraction of sp³-hybridized carbons (Fsp3) is 0.182. The van der Waals surface area contributed by atoms with Crippen LogP contribution in [0.1, 0.15) is 11.3 Å². The number of rotatable bonds is 2. The first kappa shape index (κ1) is 9.21. The van der Waals surface area contributed by atoms with Crippen molar-refractivity contribution in [1.29, 1.82) is 0 Å². The molecule has 0 radical (unpaired) electrons. The van der Waals surface area contributed by atoms with Gasteiger partial charge in [0.2, 0.25) is 5.51 Å². The van der Waals surface area contributed by atoms with E-state index in [-0.39, 0.29) is 0 Å². The minimum absolute atomic E-state index is 0.616. The fourth-order valence-electron chi connectivity index (χ4n) is 1.36. The molecular formula is C11H12N2S. The number of nitrogens with zero attached hydrogens (tertiary/aromatic N) is 1. The van der Waals surface area contributed by atoms with Gasteiger partial charge in [0.25, 0.3) is 0 Å². The van der Waals surface area contributed by atoms with Crippen molar-refractivity contribution in [1.82, 2.24) is 0 Å². The molecule has 1 aromatic heterocycles. The quantitative estimate of drug-likeness (QED) is 0.672. The second-order valence-corrected chi connectivity index (χ2v) is 4.00. The van der Waals surface area contributed by atoms with Gasteiger partial charge in [0, 0.05) is 12.5 Å². The Morgan fingerprint density at radius 2 is 2.14 bits per heavy atom. The molecular weight excluding hydrogens is 192 g/mol. The van der Waals surface area contributed by atoms with E-state index in [9.17, 15) is 0 Å². The lowest BCUT2D eigenvalue weighted by molar-refractivity contribution is -0.689. The molecule has 14 heavy (non-hydrogen) atoms. The van der Waals surface area contributed by atoms with Gasteiger partial charge < -0.3 is 5.73 Å². The first-order valence-corrected chi connectivity index (χ1v) is 5.43. The number of aromatic nitrogens is 1. The molecule has 0 aliphatic carbocycles. The maximum Gasteiger partial charge on any atom is 0.225 e. The van der Waals surface area contributed by atoms with Crippen LogP contribution < -0.4 is 4.57 Å². The summed E-state index contributed by atoms with van der Waals surface area (Å²) < 4.78 is 2.16. The van der Waals surface area contributed by atoms with Crippen LogP contribution >= 0.6 is 11.3 Å². The molecule has 0 saturated carbocycles. The van der Waals surface area contributed by atoms with E-state index in [1.165, 1.54) is 5.69 Å². The highest BCUT2D eigenvalue weighted by molar-refractivity contribution is 7.07. The number of hydrogen-bond acceptors (Lipinski definition) is 1. The van der Waals surface area contributed by atoms with Crippen LogP contribution in [0.25, 0.3) is 5.73 Å². The van der Waals surface area contributed by atoms with Crippen molar-refractivity contribution in [3.63, 3.8) is 0 Å². The number of thiazole rings is 1. The molecule has 2 aromatic rings. The van der Waals surface area contributed by atoms with Crippen molar-refractivity contribution in [2.75, 3.05) is 0 Å². The van der Waals surface area contributed by atoms with E-state index in [0.717, 1.165) is 12.1 Å². The zero-order chi connectivity index (χ0) is 9.97. The monoisotopic (exact) mass is 204 g/mol. The summed E-state index contributed by atoms with van der Waals surface area (Å²) in [5.74, 6) is 0. The van der Waals surface area contributed by atoms with Crippen molar-refractivity contribution in [2.45, 2.75) is 13.5 Å². The number of nitrogens with one attached hydrogen (secondary N) is 1. The Kier molecular flexibility index (Phi) is 2.50. The van der Waals surface area contributed by atoms with Gasteiger partial charge in [-0.05, 0) is 0 Å². The van der Waals surface area contributed by atoms with E-state index in [1.54, 1.807) is 11.3 Å². The summed E-state index contributed by atoms with van der Waals surface area (Å²) in [6.07, 6.45) is 0. The van der Waals surface area contributed by atoms with E-state index in [0.29, 0.717) is 5.69 Å². The van der Waals surface area contributed by atoms with Crippen LogP contribution in [-0.2, 0) is 6.54 Å². The third-order valence-electron chi connectivity index (χ3n) is 2.24. The third-order valence-corrected chi connectivity index (χ3v) is 3.09. The Morgan fingerprint density at radius 3 is 2.79 bits per heavy atom. The molecule has 0 unspecified atom stereocenters. The second-order valence-electron chi connectivity index (χ2n) is 3.29. The number of hydrogen-bond donors (Lipinski definition) is 0. The first-order valence-electron chi connectivity index (χ1n) is 4.49. The van der Waals surface area contributed by atoms with Gasteiger partial charge in [0.1, 0.15) is 0 Å². The van der Waals surface area contributed by atoms with Crippen LogP contribution in [0.15, 0.2) is 35.2 Å². The van der Waals surface area contributed by atoms with Crippen molar-refractivity contribution in [3.05, 3.63) is 52.1 Å². The van der Waals surface area contributed by atoms with Crippen molar-refractivity contribution >= 4 is 17.0 Å². The molecule has 1 heterocycles. The fourth-order valence-corrected chi connectivity index (χ4v) is 2.14. The van der Waals surface area contributed by atoms with Crippen molar-refractivity contribution in [3.8, 4) is 0 Å². The second kappa shape index (κ2) is 3.80. The molecule has 0 amide bonds. The molecule has 0 fully saturated rings. The molecule has 2 nitrogen and oxygen atoms in total. The van der Waals surface area contributed by atoms with E-state index >= 15 is 0 Å². The van der Waals surface area contributed by atoms with E-state index in [1.807, 2.05) is 24.3 Å². The van der Waals surface area contributed by atoms with E-state index in [4.69, 9.17) is 5.73 Å². The highest BCUT2D eigenvalue weighted by atomic mass is 32.1. The molecule has 0 spiro atoms. The van der Waals surface area contributed by atoms with Crippen LogP contribution in [0, 0.1) is 6.92 Å². The molecule has 0 aliphatic rings. The molecule has 3 heteroatoms. The smallest absolute Gasteiger partial charge is 0.225 e. The standard InChI is InChI=1S/C11H12N2S/c1-9-7-14-8-13(9)6-10-4-2-3-5-11(10)12/h2-5,7-8,12H,6H2,1H3. The van der Waals surface area contributed by atoms with Gasteiger partial charge in [-0.1, -0.05) is 35.6 Å². The summed E-state index contributed by atoms with van der Waals surface area (Å²) in [5.41, 5.74) is 12.8. The molecule has 0 saturated heterocycles. The lowest BCUT2D eigenvalue weighted by Crippen LogP contribution is -2.34. The lowest BCUT2D eigenvalue weighted by atomic mass is 10.2. The van der Waals surface area contributed by atoms with Gasteiger partial charge in [-0.15, -0.1) is 5.69 Å². The molecule has 2 rings (SSSR count). The van der Waals surface area contributed by atoms with Crippen LogP contribution in [-0.4, -0.2) is 0 Å². The van der Waals surface area contributed by atoms with Gasteiger partial charge in [0.15, 0.2) is 12.2 Å². The topological polar surface area (TPSA) is 27.7 Å². The average Bonchev–Trinajstić information content (AvgIpc) is 2.56. The SMILES string of the molecule is Cc1csc[n+]1Cc1ccccc1[NH-]. The van der Waals surface area contributed by atoms with Gasteiger partial charge >= 0.3 is 0 Å². The van der Waals surface area contributed by atoms with Gasteiger partial charge in [-0.2, -0.15) is 4.57 Å². The Balaban J connectivity index is 2.28. The molecule has 0 aliphatic heterocycles. The summed E-state index contributed by atoms with van der Waals surface area (Å²) in [5, 5.41) is 2.12. The van der Waals surface area contributed by atoms with Crippen molar-refractivity contribution < 1.29 is 4.57 Å². The van der Waals surface area contributed by atoms with E-state index < -0.39 is 0 Å². The van der Waals surface area contributed by atoms with Gasteiger partial charge in [-0.3, -0.25) is 0 Å². The maximum absolute atomic E-state index is 7.73. The zero-order valence-corrected chi connectivity index (χ0v) is 8.84. The van der Waals surface area contributed by atoms with E-state index in [2.05, 4.69) is 22.4 Å². The van der Waals surface area contributed by atoms with Crippen LogP contribution in [0.3, 0.4) is 0 Å². The average molecular weight is 204 g/mol.